The Hall–Kier alpha value is -2.29. The van der Waals surface area contributed by atoms with Crippen molar-refractivity contribution in [2.24, 2.45) is 0 Å². The maximum absolute atomic E-state index is 10.8. The van der Waals surface area contributed by atoms with Gasteiger partial charge in [0.15, 0.2) is 0 Å². The number of hydrogen-bond acceptors (Lipinski definition) is 6. The molecule has 1 N–H and O–H groups in total. The molecule has 2 aromatic heterocycles. The van der Waals surface area contributed by atoms with Gasteiger partial charge in [-0.1, -0.05) is 6.92 Å². The van der Waals surface area contributed by atoms with E-state index < -0.39 is 22.3 Å². The van der Waals surface area contributed by atoms with Crippen LogP contribution in [0.3, 0.4) is 0 Å². The van der Waals surface area contributed by atoms with Crippen molar-refractivity contribution in [2.45, 2.75) is 19.9 Å². The second kappa shape index (κ2) is 5.14. The Labute approximate surface area is 111 Å². The molecule has 100 valence electrons. The molecule has 0 aliphatic rings. The summed E-state index contributed by atoms with van der Waals surface area (Å²) in [5.41, 5.74) is -0.370. The van der Waals surface area contributed by atoms with Crippen LogP contribution < -0.4 is 0 Å². The molecule has 8 nitrogen and oxygen atoms in total. The molecule has 0 aromatic carbocycles. The Bertz CT molecular complexity index is 602. The molecule has 0 fully saturated rings. The minimum absolute atomic E-state index is 0.213. The number of nitrogens with zero attached hydrogens (tertiary/aromatic N) is 4. The summed E-state index contributed by atoms with van der Waals surface area (Å²) in [7, 11) is 0. The van der Waals surface area contributed by atoms with Crippen LogP contribution >= 0.6 is 11.3 Å². The lowest BCUT2D eigenvalue weighted by molar-refractivity contribution is -0.385. The van der Waals surface area contributed by atoms with Crippen molar-refractivity contribution in [3.63, 3.8) is 0 Å². The average molecular weight is 282 g/mol. The van der Waals surface area contributed by atoms with E-state index in [9.17, 15) is 14.9 Å². The van der Waals surface area contributed by atoms with E-state index in [4.69, 9.17) is 5.11 Å². The smallest absolute Gasteiger partial charge is 0.363 e. The van der Waals surface area contributed by atoms with E-state index in [1.807, 2.05) is 12.3 Å². The number of carbonyl (C=O) groups is 1. The molecule has 0 aliphatic carbocycles. The van der Waals surface area contributed by atoms with Crippen LogP contribution in [-0.2, 0) is 13.0 Å². The minimum Gasteiger partial charge on any atom is -0.476 e. The third-order valence-electron chi connectivity index (χ3n) is 2.37. The Kier molecular flexibility index (Phi) is 3.56. The van der Waals surface area contributed by atoms with Gasteiger partial charge in [0.2, 0.25) is 5.69 Å². The normalized spacial score (nSPS) is 10.6. The summed E-state index contributed by atoms with van der Waals surface area (Å²) in [5, 5.41) is 26.0. The Morgan fingerprint density at radius 1 is 1.63 bits per heavy atom. The van der Waals surface area contributed by atoms with Crippen molar-refractivity contribution in [3.05, 3.63) is 38.1 Å². The van der Waals surface area contributed by atoms with Gasteiger partial charge in [-0.2, -0.15) is 5.10 Å². The number of aromatic carboxylic acids is 1. The summed E-state index contributed by atoms with van der Waals surface area (Å²) in [6, 6.07) is 0. The average Bonchev–Trinajstić information content (AvgIpc) is 2.96. The van der Waals surface area contributed by atoms with Crippen molar-refractivity contribution < 1.29 is 14.8 Å². The predicted molar refractivity (Wildman–Crippen MR) is 66.4 cm³/mol. The van der Waals surface area contributed by atoms with Crippen molar-refractivity contribution in [2.75, 3.05) is 0 Å². The van der Waals surface area contributed by atoms with Crippen molar-refractivity contribution in [1.29, 1.82) is 0 Å². The zero-order chi connectivity index (χ0) is 14.0. The Morgan fingerprint density at radius 2 is 2.37 bits per heavy atom. The largest absolute Gasteiger partial charge is 0.476 e. The molecule has 0 saturated heterocycles. The quantitative estimate of drug-likeness (QED) is 0.658. The van der Waals surface area contributed by atoms with Gasteiger partial charge < -0.3 is 5.11 Å². The first-order valence-corrected chi connectivity index (χ1v) is 6.27. The number of nitro groups is 1. The van der Waals surface area contributed by atoms with E-state index in [0.29, 0.717) is 5.69 Å². The molecule has 9 heteroatoms. The number of carboxylic acid groups (broad SMARTS) is 1. The zero-order valence-electron chi connectivity index (χ0n) is 9.94. The van der Waals surface area contributed by atoms with Gasteiger partial charge in [0, 0.05) is 5.38 Å². The van der Waals surface area contributed by atoms with E-state index in [2.05, 4.69) is 10.1 Å². The van der Waals surface area contributed by atoms with Gasteiger partial charge in [-0.15, -0.1) is 11.3 Å². The molecule has 2 aromatic rings. The monoisotopic (exact) mass is 282 g/mol. The lowest BCUT2D eigenvalue weighted by atomic mass is 10.4. The van der Waals surface area contributed by atoms with Gasteiger partial charge in [-0.05, 0) is 6.42 Å². The molecular formula is C10H10N4O4S. The summed E-state index contributed by atoms with van der Waals surface area (Å²) in [5.74, 6) is -1.42. The molecule has 0 amide bonds. The molecular weight excluding hydrogens is 272 g/mol. The van der Waals surface area contributed by atoms with E-state index in [1.165, 1.54) is 16.0 Å². The van der Waals surface area contributed by atoms with Gasteiger partial charge in [0.05, 0.1) is 22.2 Å². The van der Waals surface area contributed by atoms with Gasteiger partial charge in [0.25, 0.3) is 0 Å². The van der Waals surface area contributed by atoms with Gasteiger partial charge in [-0.25, -0.2) is 9.78 Å². The van der Waals surface area contributed by atoms with E-state index in [-0.39, 0.29) is 6.54 Å². The first-order chi connectivity index (χ1) is 9.01. The van der Waals surface area contributed by atoms with Crippen LogP contribution in [0.1, 0.15) is 28.1 Å². The molecule has 0 saturated carbocycles. The van der Waals surface area contributed by atoms with E-state index >= 15 is 0 Å². The highest BCUT2D eigenvalue weighted by atomic mass is 32.1. The fourth-order valence-electron chi connectivity index (χ4n) is 1.53. The van der Waals surface area contributed by atoms with Gasteiger partial charge >= 0.3 is 11.7 Å². The molecule has 0 radical (unpaired) electrons. The molecule has 19 heavy (non-hydrogen) atoms. The van der Waals surface area contributed by atoms with Crippen molar-refractivity contribution >= 4 is 23.0 Å². The highest BCUT2D eigenvalue weighted by Crippen LogP contribution is 2.18. The molecule has 2 rings (SSSR count). The third kappa shape index (κ3) is 2.76. The van der Waals surface area contributed by atoms with E-state index in [0.717, 1.165) is 17.6 Å². The summed E-state index contributed by atoms with van der Waals surface area (Å²) in [6.07, 6.45) is 1.92. The van der Waals surface area contributed by atoms with Crippen LogP contribution in [0, 0.1) is 10.1 Å². The van der Waals surface area contributed by atoms with Crippen LogP contribution in [0.4, 0.5) is 5.69 Å². The minimum atomic E-state index is -1.42. The van der Waals surface area contributed by atoms with Crippen LogP contribution in [-0.4, -0.2) is 30.8 Å². The van der Waals surface area contributed by atoms with Gasteiger partial charge in [-0.3, -0.25) is 14.8 Å². The molecule has 0 unspecified atom stereocenters. The second-order valence-corrected chi connectivity index (χ2v) is 4.65. The zero-order valence-corrected chi connectivity index (χ0v) is 10.8. The Balaban J connectivity index is 2.28. The van der Waals surface area contributed by atoms with Crippen molar-refractivity contribution in [1.82, 2.24) is 14.8 Å². The number of rotatable bonds is 5. The highest BCUT2D eigenvalue weighted by Gasteiger charge is 2.25. The molecule has 0 aliphatic heterocycles. The van der Waals surface area contributed by atoms with Gasteiger partial charge in [0.1, 0.15) is 6.20 Å². The number of hydrogen-bond donors (Lipinski definition) is 1. The van der Waals surface area contributed by atoms with Crippen LogP contribution in [0.5, 0.6) is 0 Å². The summed E-state index contributed by atoms with van der Waals surface area (Å²) < 4.78 is 1.22. The Morgan fingerprint density at radius 3 is 2.84 bits per heavy atom. The first kappa shape index (κ1) is 13.1. The second-order valence-electron chi connectivity index (χ2n) is 3.71. The first-order valence-electron chi connectivity index (χ1n) is 5.39. The maximum Gasteiger partial charge on any atom is 0.363 e. The topological polar surface area (TPSA) is 111 Å². The number of aryl methyl sites for hydroxylation is 1. The summed E-state index contributed by atoms with van der Waals surface area (Å²) in [6.45, 7) is 2.19. The van der Waals surface area contributed by atoms with Crippen LogP contribution in [0.25, 0.3) is 0 Å². The SMILES string of the molecule is CCc1nc(Cn2cc([N+](=O)[O-])c(C(=O)O)n2)cs1. The van der Waals surface area contributed by atoms with Crippen molar-refractivity contribution in [3.8, 4) is 0 Å². The fourth-order valence-corrected chi connectivity index (χ4v) is 2.26. The molecule has 0 bridgehead atoms. The number of aromatic nitrogens is 3. The molecule has 0 atom stereocenters. The fraction of sp³-hybridized carbons (Fsp3) is 0.300. The number of carboxylic acids is 1. The standard InChI is InChI=1S/C10H10N4O4S/c1-2-8-11-6(5-19-8)3-13-4-7(14(17)18)9(12-13)10(15)16/h4-5H,2-3H2,1H3,(H,15,16). The van der Waals surface area contributed by atoms with Crippen LogP contribution in [0.2, 0.25) is 0 Å². The predicted octanol–water partition coefficient (Wildman–Crippen LogP) is 1.56. The number of thiazole rings is 1. The molecule has 0 spiro atoms. The summed E-state index contributed by atoms with van der Waals surface area (Å²) in [4.78, 5) is 25.1. The lowest BCUT2D eigenvalue weighted by Crippen LogP contribution is -2.04. The highest BCUT2D eigenvalue weighted by molar-refractivity contribution is 7.09. The third-order valence-corrected chi connectivity index (χ3v) is 3.41. The maximum atomic E-state index is 10.8. The summed E-state index contributed by atoms with van der Waals surface area (Å²) >= 11 is 1.49. The lowest BCUT2D eigenvalue weighted by Gasteiger charge is -1.95. The van der Waals surface area contributed by atoms with Crippen LogP contribution in [0.15, 0.2) is 11.6 Å². The molecule has 2 heterocycles. The van der Waals surface area contributed by atoms with E-state index in [1.54, 1.807) is 0 Å².